The zero-order valence-electron chi connectivity index (χ0n) is 12.7. The average molecular weight is 297 g/mol. The van der Waals surface area contributed by atoms with Crippen LogP contribution in [0.2, 0.25) is 0 Å². The number of fused-ring (bicyclic) bond motifs is 1. The summed E-state index contributed by atoms with van der Waals surface area (Å²) in [7, 11) is 0. The topological polar surface area (TPSA) is 87.1 Å². The van der Waals surface area contributed by atoms with Crippen molar-refractivity contribution in [3.8, 4) is 0 Å². The Morgan fingerprint density at radius 3 is 2.43 bits per heavy atom. The van der Waals surface area contributed by atoms with Gasteiger partial charge in [-0.15, -0.1) is 0 Å². The average Bonchev–Trinajstić information content (AvgIpc) is 2.85. The summed E-state index contributed by atoms with van der Waals surface area (Å²) in [6.45, 7) is 6.12. The zero-order valence-corrected chi connectivity index (χ0v) is 12.7. The van der Waals surface area contributed by atoms with Gasteiger partial charge in [0.1, 0.15) is 5.60 Å². The second-order valence-electron chi connectivity index (χ2n) is 7.70. The molecule has 21 heavy (non-hydrogen) atoms. The number of ether oxygens (including phenoxy) is 1. The second kappa shape index (κ2) is 4.35. The summed E-state index contributed by atoms with van der Waals surface area (Å²) in [6.07, 6.45) is 0.739. The summed E-state index contributed by atoms with van der Waals surface area (Å²) in [5, 5.41) is 19.1. The van der Waals surface area contributed by atoms with Crippen LogP contribution in [0, 0.1) is 17.3 Å². The molecular weight excluding hydrogens is 274 g/mol. The van der Waals surface area contributed by atoms with E-state index in [1.54, 1.807) is 4.90 Å². The van der Waals surface area contributed by atoms with Gasteiger partial charge < -0.3 is 19.8 Å². The lowest BCUT2D eigenvalue weighted by molar-refractivity contribution is -0.154. The van der Waals surface area contributed by atoms with Crippen LogP contribution in [-0.4, -0.2) is 51.5 Å². The van der Waals surface area contributed by atoms with Crippen LogP contribution in [0.4, 0.5) is 4.79 Å². The number of aliphatic carboxylic acids is 1. The molecule has 2 bridgehead atoms. The molecule has 0 radical (unpaired) electrons. The summed E-state index contributed by atoms with van der Waals surface area (Å²) in [5.41, 5.74) is -1.05. The van der Waals surface area contributed by atoms with E-state index < -0.39 is 23.1 Å². The van der Waals surface area contributed by atoms with Crippen LogP contribution < -0.4 is 0 Å². The van der Waals surface area contributed by atoms with Crippen LogP contribution in [0.5, 0.6) is 0 Å². The molecule has 4 aliphatic rings. The Bertz CT molecular complexity index is 479. The number of carboxylic acids is 1. The summed E-state index contributed by atoms with van der Waals surface area (Å²) in [4.78, 5) is 25.1. The first-order chi connectivity index (χ1) is 9.66. The van der Waals surface area contributed by atoms with E-state index in [9.17, 15) is 14.7 Å². The Balaban J connectivity index is 1.71. The van der Waals surface area contributed by atoms with Crippen LogP contribution in [0.25, 0.3) is 0 Å². The van der Waals surface area contributed by atoms with Gasteiger partial charge in [-0.25, -0.2) is 9.59 Å². The van der Waals surface area contributed by atoms with Gasteiger partial charge in [-0.05, 0) is 51.9 Å². The molecule has 2 aliphatic carbocycles. The second-order valence-corrected chi connectivity index (χ2v) is 7.70. The standard InChI is InChI=1S/C15H23NO5/c1-14(2,3)21-13(20)16-7-8-6-9(16)10(8)15(4-5-15)11(17)12(18)19/h8-11,17H,4-7H2,1-3H3,(H,18,19)/t8-,9-,10?,11?/m0/s1. The first kappa shape index (κ1) is 14.6. The molecule has 6 nitrogen and oxygen atoms in total. The lowest BCUT2D eigenvalue weighted by Crippen LogP contribution is -2.51. The van der Waals surface area contributed by atoms with Gasteiger partial charge >= 0.3 is 12.1 Å². The number of rotatable bonds is 3. The van der Waals surface area contributed by atoms with Crippen molar-refractivity contribution < 1.29 is 24.5 Å². The number of nitrogens with zero attached hydrogens (tertiary/aromatic N) is 1. The van der Waals surface area contributed by atoms with Gasteiger partial charge in [-0.1, -0.05) is 0 Å². The first-order valence-corrected chi connectivity index (χ1v) is 7.56. The smallest absolute Gasteiger partial charge is 0.410 e. The predicted octanol–water partition coefficient (Wildman–Crippen LogP) is 1.47. The molecule has 2 saturated heterocycles. The van der Waals surface area contributed by atoms with Crippen molar-refractivity contribution in [2.24, 2.45) is 17.3 Å². The molecule has 4 atom stereocenters. The molecule has 1 amide bonds. The maximum Gasteiger partial charge on any atom is 0.410 e. The maximum absolute atomic E-state index is 12.2. The number of carbonyl (C=O) groups excluding carboxylic acids is 1. The van der Waals surface area contributed by atoms with E-state index in [0.717, 1.165) is 19.3 Å². The molecule has 0 spiro atoms. The van der Waals surface area contributed by atoms with E-state index in [0.29, 0.717) is 12.5 Å². The van der Waals surface area contributed by atoms with Gasteiger partial charge in [-0.3, -0.25) is 0 Å². The fraction of sp³-hybridized carbons (Fsp3) is 0.867. The van der Waals surface area contributed by atoms with Gasteiger partial charge in [0.15, 0.2) is 6.10 Å². The van der Waals surface area contributed by atoms with Crippen LogP contribution in [-0.2, 0) is 9.53 Å². The Morgan fingerprint density at radius 2 is 1.95 bits per heavy atom. The highest BCUT2D eigenvalue weighted by Crippen LogP contribution is 2.66. The zero-order chi connectivity index (χ0) is 15.6. The van der Waals surface area contributed by atoms with E-state index in [2.05, 4.69) is 0 Å². The molecule has 118 valence electrons. The molecule has 2 saturated carbocycles. The molecule has 2 unspecified atom stereocenters. The van der Waals surface area contributed by atoms with Crippen molar-refractivity contribution in [3.63, 3.8) is 0 Å². The molecule has 2 aliphatic heterocycles. The highest BCUT2D eigenvalue weighted by atomic mass is 16.6. The maximum atomic E-state index is 12.2. The quantitative estimate of drug-likeness (QED) is 0.823. The molecular formula is C15H23NO5. The van der Waals surface area contributed by atoms with Gasteiger partial charge in [0, 0.05) is 18.0 Å². The fourth-order valence-corrected chi connectivity index (χ4v) is 4.18. The molecule has 4 fully saturated rings. The van der Waals surface area contributed by atoms with Crippen molar-refractivity contribution in [1.29, 1.82) is 0 Å². The minimum absolute atomic E-state index is 0.0290. The third-order valence-corrected chi connectivity index (χ3v) is 5.20. The number of hydrogen-bond acceptors (Lipinski definition) is 4. The van der Waals surface area contributed by atoms with E-state index in [-0.39, 0.29) is 18.1 Å². The molecule has 2 heterocycles. The minimum atomic E-state index is -1.31. The first-order valence-electron chi connectivity index (χ1n) is 7.56. The van der Waals surface area contributed by atoms with Gasteiger partial charge in [0.05, 0.1) is 0 Å². The van der Waals surface area contributed by atoms with Gasteiger partial charge in [0.25, 0.3) is 0 Å². The molecule has 6 heteroatoms. The predicted molar refractivity (Wildman–Crippen MR) is 73.6 cm³/mol. The molecule has 0 aromatic rings. The number of carbonyl (C=O) groups is 2. The van der Waals surface area contributed by atoms with Gasteiger partial charge in [0.2, 0.25) is 0 Å². The SMILES string of the molecule is CC(C)(C)OC(=O)N1C[C@@H]2C[C@H]1C2C1(C(O)C(=O)O)CC1. The Kier molecular flexibility index (Phi) is 3.03. The largest absolute Gasteiger partial charge is 0.479 e. The lowest BCUT2D eigenvalue weighted by atomic mass is 9.63. The molecule has 0 aromatic carbocycles. The summed E-state index contributed by atoms with van der Waals surface area (Å²) in [5.74, 6) is -0.738. The Labute approximate surface area is 124 Å². The third-order valence-electron chi connectivity index (χ3n) is 5.20. The molecule has 2 N–H and O–H groups in total. The normalized spacial score (nSPS) is 34.1. The summed E-state index contributed by atoms with van der Waals surface area (Å²) in [6, 6.07) is 0.0290. The van der Waals surface area contributed by atoms with Crippen LogP contribution in [0.3, 0.4) is 0 Å². The van der Waals surface area contributed by atoms with E-state index >= 15 is 0 Å². The van der Waals surface area contributed by atoms with Crippen LogP contribution in [0.1, 0.15) is 40.0 Å². The number of aliphatic hydroxyl groups excluding tert-OH is 1. The van der Waals surface area contributed by atoms with Crippen LogP contribution >= 0.6 is 0 Å². The van der Waals surface area contributed by atoms with E-state index in [1.807, 2.05) is 20.8 Å². The fourth-order valence-electron chi connectivity index (χ4n) is 4.18. The Hall–Kier alpha value is -1.30. The third kappa shape index (κ3) is 2.20. The number of carboxylic acid groups (broad SMARTS) is 1. The van der Waals surface area contributed by atoms with Crippen LogP contribution in [0.15, 0.2) is 0 Å². The number of hydrogen-bond donors (Lipinski definition) is 2. The number of aliphatic hydroxyl groups is 1. The van der Waals surface area contributed by atoms with Crippen molar-refractivity contribution in [1.82, 2.24) is 4.90 Å². The number of amides is 1. The molecule has 0 aromatic heterocycles. The van der Waals surface area contributed by atoms with Gasteiger partial charge in [-0.2, -0.15) is 0 Å². The highest BCUT2D eigenvalue weighted by Gasteiger charge is 2.69. The van der Waals surface area contributed by atoms with Crippen molar-refractivity contribution in [2.45, 2.75) is 57.8 Å². The van der Waals surface area contributed by atoms with Crippen molar-refractivity contribution in [3.05, 3.63) is 0 Å². The Morgan fingerprint density at radius 1 is 1.33 bits per heavy atom. The van der Waals surface area contributed by atoms with E-state index in [1.165, 1.54) is 0 Å². The highest BCUT2D eigenvalue weighted by molar-refractivity contribution is 5.74. The summed E-state index contributed by atoms with van der Waals surface area (Å²) < 4.78 is 5.42. The molecule has 4 rings (SSSR count). The minimum Gasteiger partial charge on any atom is -0.479 e. The van der Waals surface area contributed by atoms with Crippen molar-refractivity contribution >= 4 is 12.1 Å². The lowest BCUT2D eigenvalue weighted by Gasteiger charge is -2.43. The summed E-state index contributed by atoms with van der Waals surface area (Å²) >= 11 is 0. The monoisotopic (exact) mass is 297 g/mol. The van der Waals surface area contributed by atoms with E-state index in [4.69, 9.17) is 9.84 Å². The van der Waals surface area contributed by atoms with Crippen molar-refractivity contribution in [2.75, 3.05) is 6.54 Å².